The van der Waals surface area contributed by atoms with E-state index in [-0.39, 0.29) is 0 Å². The van der Waals surface area contributed by atoms with E-state index in [4.69, 9.17) is 16.3 Å². The molecule has 1 N–H and O–H groups in total. The van der Waals surface area contributed by atoms with Gasteiger partial charge in [0.25, 0.3) is 0 Å². The summed E-state index contributed by atoms with van der Waals surface area (Å²) in [6.07, 6.45) is 0. The van der Waals surface area contributed by atoms with Gasteiger partial charge in [0.05, 0.1) is 18.4 Å². The Labute approximate surface area is 110 Å². The van der Waals surface area contributed by atoms with Crippen molar-refractivity contribution in [1.82, 2.24) is 4.98 Å². The van der Waals surface area contributed by atoms with Gasteiger partial charge in [-0.15, -0.1) is 0 Å². The Balaban J connectivity index is 2.32. The highest BCUT2D eigenvalue weighted by Gasteiger charge is 2.11. The van der Waals surface area contributed by atoms with Gasteiger partial charge in [-0.2, -0.15) is 0 Å². The van der Waals surface area contributed by atoms with Gasteiger partial charge in [0.15, 0.2) is 0 Å². The van der Waals surface area contributed by atoms with Gasteiger partial charge in [0.2, 0.25) is 0 Å². The molecule has 92 valence electrons. The van der Waals surface area contributed by atoms with E-state index < -0.39 is 5.97 Å². The van der Waals surface area contributed by atoms with Crippen molar-refractivity contribution in [2.45, 2.75) is 0 Å². The lowest BCUT2D eigenvalue weighted by Crippen LogP contribution is -2.05. The third kappa shape index (κ3) is 2.78. The van der Waals surface area contributed by atoms with Crippen LogP contribution in [0.3, 0.4) is 0 Å². The van der Waals surface area contributed by atoms with Crippen molar-refractivity contribution in [2.75, 3.05) is 12.4 Å². The molecule has 0 amide bonds. The zero-order chi connectivity index (χ0) is 13.0. The Morgan fingerprint density at radius 3 is 2.72 bits per heavy atom. The Kier molecular flexibility index (Phi) is 3.79. The number of nitrogens with zero attached hydrogens (tertiary/aromatic N) is 1. The first-order chi connectivity index (χ1) is 8.70. The number of pyridine rings is 1. The number of para-hydroxylation sites is 1. The molecule has 0 unspecified atom stereocenters. The molecule has 0 saturated carbocycles. The van der Waals surface area contributed by atoms with Crippen molar-refractivity contribution >= 4 is 29.1 Å². The minimum absolute atomic E-state index is 0.385. The molecule has 0 saturated heterocycles. The molecule has 0 fully saturated rings. The number of esters is 1. The molecule has 2 rings (SSSR count). The fourth-order valence-electron chi connectivity index (χ4n) is 1.50. The van der Waals surface area contributed by atoms with E-state index in [9.17, 15) is 4.79 Å². The normalized spacial score (nSPS) is 9.89. The number of halogens is 1. The van der Waals surface area contributed by atoms with Crippen molar-refractivity contribution < 1.29 is 9.53 Å². The summed E-state index contributed by atoms with van der Waals surface area (Å²) in [5.41, 5.74) is 1.07. The number of carbonyl (C=O) groups is 1. The van der Waals surface area contributed by atoms with Crippen LogP contribution in [-0.4, -0.2) is 18.1 Å². The smallest absolute Gasteiger partial charge is 0.339 e. The van der Waals surface area contributed by atoms with Crippen LogP contribution in [0.5, 0.6) is 0 Å². The molecule has 1 aromatic heterocycles. The largest absolute Gasteiger partial charge is 0.465 e. The molecular weight excluding hydrogens is 252 g/mol. The Morgan fingerprint density at radius 2 is 2.00 bits per heavy atom. The number of anilines is 2. The fraction of sp³-hybridized carbons (Fsp3) is 0.0769. The molecule has 0 atom stereocenters. The lowest BCUT2D eigenvalue weighted by Gasteiger charge is -2.09. The highest BCUT2D eigenvalue weighted by molar-refractivity contribution is 6.29. The van der Waals surface area contributed by atoms with E-state index in [1.54, 1.807) is 36.4 Å². The van der Waals surface area contributed by atoms with Crippen LogP contribution >= 0.6 is 11.6 Å². The minimum atomic E-state index is -0.403. The van der Waals surface area contributed by atoms with Gasteiger partial charge in [-0.1, -0.05) is 29.8 Å². The Morgan fingerprint density at radius 1 is 1.22 bits per heavy atom. The summed E-state index contributed by atoms with van der Waals surface area (Å²) in [5.74, 6) is 0.166. The second-order valence-corrected chi connectivity index (χ2v) is 3.89. The molecular formula is C13H11ClN2O2. The number of nitrogens with one attached hydrogen (secondary N) is 1. The third-order valence-electron chi connectivity index (χ3n) is 2.31. The number of hydrogen-bond donors (Lipinski definition) is 1. The molecule has 0 aliphatic rings. The first-order valence-corrected chi connectivity index (χ1v) is 5.65. The van der Waals surface area contributed by atoms with E-state index in [1.165, 1.54) is 7.11 Å². The van der Waals surface area contributed by atoms with E-state index in [1.807, 2.05) is 6.07 Å². The average molecular weight is 263 g/mol. The van der Waals surface area contributed by atoms with Gasteiger partial charge in [0, 0.05) is 0 Å². The summed E-state index contributed by atoms with van der Waals surface area (Å²) in [6, 6.07) is 12.3. The van der Waals surface area contributed by atoms with Crippen LogP contribution in [0.15, 0.2) is 42.5 Å². The predicted molar refractivity (Wildman–Crippen MR) is 70.3 cm³/mol. The second-order valence-electron chi connectivity index (χ2n) is 3.51. The van der Waals surface area contributed by atoms with Crippen LogP contribution < -0.4 is 5.32 Å². The van der Waals surface area contributed by atoms with Crippen LogP contribution in [0, 0.1) is 0 Å². The summed E-state index contributed by atoms with van der Waals surface area (Å²) < 4.78 is 4.71. The number of methoxy groups -OCH3 is 1. The summed E-state index contributed by atoms with van der Waals surface area (Å²) in [7, 11) is 1.34. The van der Waals surface area contributed by atoms with Crippen LogP contribution in [-0.2, 0) is 4.74 Å². The number of benzene rings is 1. The van der Waals surface area contributed by atoms with Crippen LogP contribution in [0.2, 0.25) is 5.15 Å². The maximum Gasteiger partial charge on any atom is 0.339 e. The highest BCUT2D eigenvalue weighted by atomic mass is 35.5. The molecule has 1 aromatic carbocycles. The number of aromatic nitrogens is 1. The number of ether oxygens (including phenoxy) is 1. The van der Waals surface area contributed by atoms with Crippen LogP contribution in [0.4, 0.5) is 11.5 Å². The molecule has 5 heteroatoms. The van der Waals surface area contributed by atoms with Crippen LogP contribution in [0.25, 0.3) is 0 Å². The van der Waals surface area contributed by atoms with Crippen molar-refractivity contribution in [3.63, 3.8) is 0 Å². The lowest BCUT2D eigenvalue weighted by molar-refractivity contribution is 0.0602. The van der Waals surface area contributed by atoms with Gasteiger partial charge in [-0.25, -0.2) is 9.78 Å². The highest BCUT2D eigenvalue weighted by Crippen LogP contribution is 2.21. The van der Waals surface area contributed by atoms with E-state index in [0.717, 1.165) is 0 Å². The van der Waals surface area contributed by atoms with Gasteiger partial charge >= 0.3 is 5.97 Å². The Bertz CT molecular complexity index is 572. The zero-order valence-corrected chi connectivity index (χ0v) is 10.4. The van der Waals surface area contributed by atoms with Crippen molar-refractivity contribution in [2.24, 2.45) is 0 Å². The fourth-order valence-corrected chi connectivity index (χ4v) is 1.66. The summed E-state index contributed by atoms with van der Waals surface area (Å²) >= 11 is 5.80. The number of rotatable bonds is 3. The maximum absolute atomic E-state index is 11.6. The van der Waals surface area contributed by atoms with Gasteiger partial charge in [-0.3, -0.25) is 0 Å². The molecule has 0 spiro atoms. The first-order valence-electron chi connectivity index (χ1n) is 5.27. The third-order valence-corrected chi connectivity index (χ3v) is 2.52. The van der Waals surface area contributed by atoms with E-state index in [2.05, 4.69) is 10.3 Å². The van der Waals surface area contributed by atoms with Gasteiger partial charge < -0.3 is 10.1 Å². The van der Waals surface area contributed by atoms with Gasteiger partial charge in [0.1, 0.15) is 11.0 Å². The quantitative estimate of drug-likeness (QED) is 0.681. The SMILES string of the molecule is COC(=O)c1ccccc1Nc1cccc(Cl)n1. The average Bonchev–Trinajstić information content (AvgIpc) is 2.38. The van der Waals surface area contributed by atoms with E-state index >= 15 is 0 Å². The summed E-state index contributed by atoms with van der Waals surface area (Å²) in [4.78, 5) is 15.7. The van der Waals surface area contributed by atoms with Gasteiger partial charge in [-0.05, 0) is 24.3 Å². The molecule has 18 heavy (non-hydrogen) atoms. The van der Waals surface area contributed by atoms with E-state index in [0.29, 0.717) is 22.2 Å². The second kappa shape index (κ2) is 5.51. The monoisotopic (exact) mass is 262 g/mol. The molecule has 0 bridgehead atoms. The molecule has 0 aliphatic carbocycles. The topological polar surface area (TPSA) is 51.2 Å². The standard InChI is InChI=1S/C13H11ClN2O2/c1-18-13(17)9-5-2-3-6-10(9)15-12-8-4-7-11(14)16-12/h2-8H,1H3,(H,15,16). The van der Waals surface area contributed by atoms with Crippen molar-refractivity contribution in [3.05, 3.63) is 53.2 Å². The number of carbonyl (C=O) groups excluding carboxylic acids is 1. The number of hydrogen-bond acceptors (Lipinski definition) is 4. The summed E-state index contributed by atoms with van der Waals surface area (Å²) in [5, 5.41) is 3.42. The lowest BCUT2D eigenvalue weighted by atomic mass is 10.2. The first kappa shape index (κ1) is 12.4. The Hall–Kier alpha value is -2.07. The molecule has 2 aromatic rings. The zero-order valence-electron chi connectivity index (χ0n) is 9.68. The van der Waals surface area contributed by atoms with Crippen molar-refractivity contribution in [3.8, 4) is 0 Å². The molecule has 1 heterocycles. The maximum atomic E-state index is 11.6. The minimum Gasteiger partial charge on any atom is -0.465 e. The van der Waals surface area contributed by atoms with Crippen LogP contribution in [0.1, 0.15) is 10.4 Å². The predicted octanol–water partition coefficient (Wildman–Crippen LogP) is 3.27. The summed E-state index contributed by atoms with van der Waals surface area (Å²) in [6.45, 7) is 0. The van der Waals surface area contributed by atoms with Crippen molar-refractivity contribution in [1.29, 1.82) is 0 Å². The molecule has 4 nitrogen and oxygen atoms in total. The molecule has 0 aliphatic heterocycles. The molecule has 0 radical (unpaired) electrons.